The van der Waals surface area contributed by atoms with Gasteiger partial charge in [-0.2, -0.15) is 0 Å². The monoisotopic (exact) mass is 693 g/mol. The Morgan fingerprint density at radius 2 is 1.32 bits per heavy atom. The van der Waals surface area contributed by atoms with Crippen LogP contribution in [0.3, 0.4) is 0 Å². The van der Waals surface area contributed by atoms with Gasteiger partial charge in [-0.15, -0.1) is 11.3 Å². The van der Waals surface area contributed by atoms with Crippen molar-refractivity contribution in [3.63, 3.8) is 0 Å². The zero-order valence-electron chi connectivity index (χ0n) is 28.8. The highest BCUT2D eigenvalue weighted by Gasteiger charge is 2.48. The quantitative estimate of drug-likeness (QED) is 0.184. The summed E-state index contributed by atoms with van der Waals surface area (Å²) in [6.45, 7) is 0. The van der Waals surface area contributed by atoms with Crippen LogP contribution in [0.5, 0.6) is 0 Å². The molecule has 2 aliphatic rings. The smallest absolute Gasteiger partial charge is 0.159 e. The van der Waals surface area contributed by atoms with Gasteiger partial charge < -0.3 is 4.57 Å². The minimum absolute atomic E-state index is 0.147. The van der Waals surface area contributed by atoms with Crippen molar-refractivity contribution in [2.45, 2.75) is 18.3 Å². The molecule has 7 aromatic carbocycles. The second-order valence-corrected chi connectivity index (χ2v) is 15.5. The van der Waals surface area contributed by atoms with E-state index >= 15 is 0 Å². The van der Waals surface area contributed by atoms with Crippen LogP contribution in [0.2, 0.25) is 0 Å². The van der Waals surface area contributed by atoms with Crippen LogP contribution in [0.4, 0.5) is 0 Å². The first-order chi connectivity index (χ1) is 26.3. The largest absolute Gasteiger partial charge is 0.309 e. The lowest BCUT2D eigenvalue weighted by Gasteiger charge is -2.28. The molecule has 1 unspecified atom stereocenters. The zero-order chi connectivity index (χ0) is 34.7. The molecule has 1 spiro atoms. The van der Waals surface area contributed by atoms with Crippen molar-refractivity contribution in [3.05, 3.63) is 186 Å². The minimum Gasteiger partial charge on any atom is -0.309 e. The average Bonchev–Trinajstić information content (AvgIpc) is 3.96. The molecule has 53 heavy (non-hydrogen) atoms. The molecule has 3 nitrogen and oxygen atoms in total. The Hall–Kier alpha value is -6.36. The molecule has 248 valence electrons. The maximum absolute atomic E-state index is 5.21. The van der Waals surface area contributed by atoms with Gasteiger partial charge in [-0.25, -0.2) is 9.97 Å². The molecule has 10 aromatic rings. The maximum atomic E-state index is 5.21. The SMILES string of the molecule is c1cc(-c2nccc(-c3cccc4c3sc3ccccc34)n2)cc(-n2c3ccccc3c3cc4c(cc32)C2(CCc3ccccc32)c2ccccc2-4)c1. The van der Waals surface area contributed by atoms with Gasteiger partial charge in [0.2, 0.25) is 0 Å². The number of aromatic nitrogens is 3. The van der Waals surface area contributed by atoms with Crippen molar-refractivity contribution in [3.8, 4) is 39.5 Å². The minimum atomic E-state index is -0.147. The second-order valence-electron chi connectivity index (χ2n) is 14.5. The summed E-state index contributed by atoms with van der Waals surface area (Å²) in [7, 11) is 0. The number of aryl methyl sites for hydroxylation is 1. The maximum Gasteiger partial charge on any atom is 0.159 e. The summed E-state index contributed by atoms with van der Waals surface area (Å²) in [6, 6.07) is 58.0. The summed E-state index contributed by atoms with van der Waals surface area (Å²) in [5, 5.41) is 5.10. The summed E-state index contributed by atoms with van der Waals surface area (Å²) >= 11 is 1.83. The molecule has 0 bridgehead atoms. The van der Waals surface area contributed by atoms with Crippen LogP contribution in [-0.2, 0) is 11.8 Å². The first-order valence-corrected chi connectivity index (χ1v) is 19.2. The summed E-state index contributed by atoms with van der Waals surface area (Å²) in [5.41, 5.74) is 15.0. The third-order valence-electron chi connectivity index (χ3n) is 11.9. The highest BCUT2D eigenvalue weighted by molar-refractivity contribution is 7.26. The predicted octanol–water partition coefficient (Wildman–Crippen LogP) is 12.5. The topological polar surface area (TPSA) is 30.7 Å². The zero-order valence-corrected chi connectivity index (χ0v) is 29.6. The predicted molar refractivity (Wildman–Crippen MR) is 220 cm³/mol. The van der Waals surface area contributed by atoms with Gasteiger partial charge in [-0.05, 0) is 88.7 Å². The van der Waals surface area contributed by atoms with Crippen molar-refractivity contribution >= 4 is 53.3 Å². The fraction of sp³-hybridized carbons (Fsp3) is 0.0612. The molecule has 0 saturated heterocycles. The van der Waals surface area contributed by atoms with E-state index in [2.05, 4.69) is 156 Å². The lowest BCUT2D eigenvalue weighted by molar-refractivity contribution is 0.626. The molecule has 0 radical (unpaired) electrons. The molecule has 3 heterocycles. The van der Waals surface area contributed by atoms with Gasteiger partial charge in [0.15, 0.2) is 5.82 Å². The van der Waals surface area contributed by atoms with E-state index in [0.717, 1.165) is 41.2 Å². The molecule has 3 aromatic heterocycles. The van der Waals surface area contributed by atoms with Gasteiger partial charge in [0.1, 0.15) is 0 Å². The molecular weight excluding hydrogens is 663 g/mol. The molecular formula is C49H31N3S. The van der Waals surface area contributed by atoms with Crippen LogP contribution in [-0.4, -0.2) is 14.5 Å². The molecule has 0 saturated carbocycles. The number of benzene rings is 7. The Balaban J connectivity index is 1.05. The van der Waals surface area contributed by atoms with Crippen molar-refractivity contribution in [2.24, 2.45) is 0 Å². The number of rotatable bonds is 3. The van der Waals surface area contributed by atoms with Gasteiger partial charge >= 0.3 is 0 Å². The van der Waals surface area contributed by atoms with Crippen molar-refractivity contribution < 1.29 is 0 Å². The molecule has 4 heteroatoms. The van der Waals surface area contributed by atoms with Gasteiger partial charge in [0.25, 0.3) is 0 Å². The van der Waals surface area contributed by atoms with Crippen LogP contribution in [0, 0.1) is 0 Å². The van der Waals surface area contributed by atoms with E-state index in [1.54, 1.807) is 0 Å². The van der Waals surface area contributed by atoms with Crippen molar-refractivity contribution in [1.82, 2.24) is 14.5 Å². The molecule has 2 aliphatic carbocycles. The van der Waals surface area contributed by atoms with E-state index < -0.39 is 0 Å². The third-order valence-corrected chi connectivity index (χ3v) is 13.1. The Labute approximate surface area is 310 Å². The number of para-hydroxylation sites is 1. The average molecular weight is 694 g/mol. The third kappa shape index (κ3) is 3.99. The second kappa shape index (κ2) is 10.8. The summed E-state index contributed by atoms with van der Waals surface area (Å²) in [4.78, 5) is 10.0. The normalized spacial score (nSPS) is 15.8. The van der Waals surface area contributed by atoms with Crippen LogP contribution in [0.25, 0.3) is 81.4 Å². The number of thiophene rings is 1. The van der Waals surface area contributed by atoms with E-state index in [-0.39, 0.29) is 5.41 Å². The van der Waals surface area contributed by atoms with Crippen LogP contribution >= 0.6 is 11.3 Å². The Morgan fingerprint density at radius 3 is 2.28 bits per heavy atom. The lowest BCUT2D eigenvalue weighted by atomic mass is 9.73. The fourth-order valence-electron chi connectivity index (χ4n) is 9.66. The molecule has 0 aliphatic heterocycles. The molecule has 12 rings (SSSR count). The number of nitrogens with zero attached hydrogens (tertiary/aromatic N) is 3. The van der Waals surface area contributed by atoms with E-state index in [1.165, 1.54) is 75.4 Å². The summed E-state index contributed by atoms with van der Waals surface area (Å²) in [6.07, 6.45) is 4.07. The lowest BCUT2D eigenvalue weighted by Crippen LogP contribution is -2.23. The summed E-state index contributed by atoms with van der Waals surface area (Å²) < 4.78 is 5.00. The van der Waals surface area contributed by atoms with Crippen LogP contribution in [0.15, 0.2) is 164 Å². The van der Waals surface area contributed by atoms with E-state index in [0.29, 0.717) is 0 Å². The first-order valence-electron chi connectivity index (χ1n) is 18.4. The summed E-state index contributed by atoms with van der Waals surface area (Å²) in [5.74, 6) is 0.723. The van der Waals surface area contributed by atoms with Crippen molar-refractivity contribution in [1.29, 1.82) is 0 Å². The van der Waals surface area contributed by atoms with E-state index in [9.17, 15) is 0 Å². The van der Waals surface area contributed by atoms with Gasteiger partial charge in [-0.3, -0.25) is 0 Å². The van der Waals surface area contributed by atoms with Crippen LogP contribution < -0.4 is 0 Å². The van der Waals surface area contributed by atoms with Crippen molar-refractivity contribution in [2.75, 3.05) is 0 Å². The highest BCUT2D eigenvalue weighted by atomic mass is 32.1. The number of fused-ring (bicyclic) bond motifs is 13. The standard InChI is InChI=1S/C49H31N3S/c1-5-19-40-30(11-1)23-25-49(40)41-20-6-2-14-33(41)38-28-39-34-15-3-7-21-44(34)52(45(39)29-42(38)49)32-13-9-12-31(27-32)48-50-26-24-43(51-48)37-18-10-17-36-35-16-4-8-22-46(35)53-47(36)37/h1-22,24,26-29H,23,25H2. The van der Waals surface area contributed by atoms with Gasteiger partial charge in [0, 0.05) is 59.4 Å². The number of hydrogen-bond acceptors (Lipinski definition) is 3. The molecule has 1 atom stereocenters. The van der Waals surface area contributed by atoms with E-state index in [1.807, 2.05) is 23.6 Å². The first kappa shape index (κ1) is 29.2. The van der Waals surface area contributed by atoms with Gasteiger partial charge in [0.05, 0.1) is 16.7 Å². The Morgan fingerprint density at radius 1 is 0.547 bits per heavy atom. The van der Waals surface area contributed by atoms with E-state index in [4.69, 9.17) is 9.97 Å². The molecule has 0 fully saturated rings. The Kier molecular flexibility index (Phi) is 5.98. The highest BCUT2D eigenvalue weighted by Crippen LogP contribution is 2.59. The van der Waals surface area contributed by atoms with Crippen LogP contribution in [0.1, 0.15) is 28.7 Å². The number of hydrogen-bond donors (Lipinski definition) is 0. The molecule has 0 N–H and O–H groups in total. The fourth-order valence-corrected chi connectivity index (χ4v) is 10.9. The Bertz CT molecular complexity index is 3150. The van der Waals surface area contributed by atoms with Gasteiger partial charge in [-0.1, -0.05) is 115 Å². The molecule has 0 amide bonds.